The molecule has 0 bridgehead atoms. The van der Waals surface area contributed by atoms with Crippen LogP contribution in [0.5, 0.6) is 5.75 Å². The summed E-state index contributed by atoms with van der Waals surface area (Å²) in [5.74, 6) is 0.567. The number of amides is 1. The third-order valence-electron chi connectivity index (χ3n) is 4.05. The summed E-state index contributed by atoms with van der Waals surface area (Å²) in [5.41, 5.74) is 1.55. The van der Waals surface area contributed by atoms with Gasteiger partial charge in [0.15, 0.2) is 0 Å². The zero-order valence-corrected chi connectivity index (χ0v) is 12.7. The van der Waals surface area contributed by atoms with E-state index in [1.165, 1.54) is 6.08 Å². The molecule has 0 unspecified atom stereocenters. The van der Waals surface area contributed by atoms with Gasteiger partial charge in [0.1, 0.15) is 5.75 Å². The zero-order valence-electron chi connectivity index (χ0n) is 12.7. The highest BCUT2D eigenvalue weighted by molar-refractivity contribution is 5.92. The van der Waals surface area contributed by atoms with E-state index in [1.807, 2.05) is 25.1 Å². The molecular weight excluding hydrogens is 266 g/mol. The molecule has 4 nitrogen and oxygen atoms in total. The zero-order chi connectivity index (χ0) is 15.3. The maximum Gasteiger partial charge on any atom is 0.244 e. The highest BCUT2D eigenvalue weighted by Crippen LogP contribution is 2.29. The molecule has 0 radical (unpaired) electrons. The molecule has 2 rings (SSSR count). The second-order valence-electron chi connectivity index (χ2n) is 5.71. The summed E-state index contributed by atoms with van der Waals surface area (Å²) in [6, 6.07) is 5.83. The number of carbonyl (C=O) groups excluding carboxylic acids is 1. The number of aliphatic hydroxyl groups is 1. The van der Waals surface area contributed by atoms with Gasteiger partial charge in [-0.1, -0.05) is 24.5 Å². The molecule has 1 aromatic carbocycles. The fourth-order valence-corrected chi connectivity index (χ4v) is 2.83. The first kappa shape index (κ1) is 15.6. The number of hydrogen-bond donors (Lipinski definition) is 2. The average Bonchev–Trinajstić information content (AvgIpc) is 2.94. The lowest BCUT2D eigenvalue weighted by atomic mass is 9.99. The fraction of sp³-hybridized carbons (Fsp3) is 0.471. The number of hydrogen-bond acceptors (Lipinski definition) is 3. The SMILES string of the molecule is COc1ccc(C)cc1C=CC(=O)NC1(CO)CCCC1. The van der Waals surface area contributed by atoms with Crippen LogP contribution < -0.4 is 10.1 Å². The van der Waals surface area contributed by atoms with Gasteiger partial charge >= 0.3 is 0 Å². The van der Waals surface area contributed by atoms with Crippen molar-refractivity contribution in [3.05, 3.63) is 35.4 Å². The Hall–Kier alpha value is -1.81. The van der Waals surface area contributed by atoms with Gasteiger partial charge in [0.05, 0.1) is 19.3 Å². The monoisotopic (exact) mass is 289 g/mol. The lowest BCUT2D eigenvalue weighted by molar-refractivity contribution is -0.118. The molecule has 1 fully saturated rings. The summed E-state index contributed by atoms with van der Waals surface area (Å²) in [6.07, 6.45) is 7.05. The Balaban J connectivity index is 2.07. The normalized spacial score (nSPS) is 17.1. The molecule has 0 saturated heterocycles. The molecule has 0 atom stereocenters. The van der Waals surface area contributed by atoms with Crippen LogP contribution in [-0.2, 0) is 4.79 Å². The van der Waals surface area contributed by atoms with Crippen molar-refractivity contribution >= 4 is 12.0 Å². The third-order valence-corrected chi connectivity index (χ3v) is 4.05. The van der Waals surface area contributed by atoms with Crippen molar-refractivity contribution in [1.82, 2.24) is 5.32 Å². The number of rotatable bonds is 5. The van der Waals surface area contributed by atoms with E-state index >= 15 is 0 Å². The fourth-order valence-electron chi connectivity index (χ4n) is 2.83. The highest BCUT2D eigenvalue weighted by Gasteiger charge is 2.33. The molecule has 1 amide bonds. The molecule has 2 N–H and O–H groups in total. The third kappa shape index (κ3) is 3.85. The Bertz CT molecular complexity index is 531. The van der Waals surface area contributed by atoms with E-state index in [1.54, 1.807) is 13.2 Å². The molecule has 0 aromatic heterocycles. The average molecular weight is 289 g/mol. The Morgan fingerprint density at radius 2 is 2.14 bits per heavy atom. The summed E-state index contributed by atoms with van der Waals surface area (Å²) in [6.45, 7) is 2.00. The van der Waals surface area contributed by atoms with Crippen molar-refractivity contribution in [3.63, 3.8) is 0 Å². The number of nitrogens with one attached hydrogen (secondary N) is 1. The van der Waals surface area contributed by atoms with Gasteiger partial charge in [0.25, 0.3) is 0 Å². The number of benzene rings is 1. The van der Waals surface area contributed by atoms with Gasteiger partial charge in [-0.15, -0.1) is 0 Å². The molecule has 21 heavy (non-hydrogen) atoms. The smallest absolute Gasteiger partial charge is 0.244 e. The quantitative estimate of drug-likeness (QED) is 0.819. The van der Waals surface area contributed by atoms with Crippen LogP contribution in [0.2, 0.25) is 0 Å². The summed E-state index contributed by atoms with van der Waals surface area (Å²) in [7, 11) is 1.61. The van der Waals surface area contributed by atoms with E-state index in [2.05, 4.69) is 5.32 Å². The van der Waals surface area contributed by atoms with Crippen LogP contribution in [0.1, 0.15) is 36.8 Å². The van der Waals surface area contributed by atoms with Crippen LogP contribution in [0.3, 0.4) is 0 Å². The second-order valence-corrected chi connectivity index (χ2v) is 5.71. The lowest BCUT2D eigenvalue weighted by Gasteiger charge is -2.27. The van der Waals surface area contributed by atoms with E-state index in [0.29, 0.717) is 0 Å². The molecule has 0 heterocycles. The van der Waals surface area contributed by atoms with Crippen molar-refractivity contribution in [2.24, 2.45) is 0 Å². The minimum absolute atomic E-state index is 0.000343. The van der Waals surface area contributed by atoms with Crippen molar-refractivity contribution in [2.45, 2.75) is 38.1 Å². The molecule has 1 saturated carbocycles. The molecule has 114 valence electrons. The van der Waals surface area contributed by atoms with Crippen molar-refractivity contribution in [3.8, 4) is 5.75 Å². The Kier molecular flexibility index (Phi) is 5.02. The first-order valence-corrected chi connectivity index (χ1v) is 7.34. The molecule has 0 aliphatic heterocycles. The molecule has 1 aliphatic rings. The van der Waals surface area contributed by atoms with E-state index in [9.17, 15) is 9.90 Å². The molecule has 1 aliphatic carbocycles. The topological polar surface area (TPSA) is 58.6 Å². The van der Waals surface area contributed by atoms with Gasteiger partial charge in [0.2, 0.25) is 5.91 Å². The van der Waals surface area contributed by atoms with Gasteiger partial charge in [-0.05, 0) is 38.0 Å². The van der Waals surface area contributed by atoms with Crippen molar-refractivity contribution in [2.75, 3.05) is 13.7 Å². The van der Waals surface area contributed by atoms with E-state index in [0.717, 1.165) is 42.6 Å². The summed E-state index contributed by atoms with van der Waals surface area (Å²) in [5, 5.41) is 12.5. The van der Waals surface area contributed by atoms with Crippen LogP contribution in [-0.4, -0.2) is 30.3 Å². The van der Waals surface area contributed by atoms with Gasteiger partial charge < -0.3 is 15.2 Å². The number of carbonyl (C=O) groups is 1. The summed E-state index contributed by atoms with van der Waals surface area (Å²) >= 11 is 0. The van der Waals surface area contributed by atoms with Crippen molar-refractivity contribution in [1.29, 1.82) is 0 Å². The minimum atomic E-state index is -0.432. The Labute approximate surface area is 125 Å². The largest absolute Gasteiger partial charge is 0.496 e. The van der Waals surface area contributed by atoms with Crippen LogP contribution in [0, 0.1) is 6.92 Å². The van der Waals surface area contributed by atoms with Gasteiger partial charge in [-0.3, -0.25) is 4.79 Å². The van der Waals surface area contributed by atoms with Gasteiger partial charge in [0, 0.05) is 11.6 Å². The molecule has 0 spiro atoms. The maximum atomic E-state index is 12.1. The van der Waals surface area contributed by atoms with Gasteiger partial charge in [-0.25, -0.2) is 0 Å². The molecule has 4 heteroatoms. The maximum absolute atomic E-state index is 12.1. The Morgan fingerprint density at radius 1 is 1.43 bits per heavy atom. The number of ether oxygens (including phenoxy) is 1. The molecular formula is C17H23NO3. The Morgan fingerprint density at radius 3 is 2.76 bits per heavy atom. The number of methoxy groups -OCH3 is 1. The first-order valence-electron chi connectivity index (χ1n) is 7.34. The summed E-state index contributed by atoms with van der Waals surface area (Å²) < 4.78 is 5.28. The van der Waals surface area contributed by atoms with Crippen LogP contribution in [0.15, 0.2) is 24.3 Å². The molecule has 1 aromatic rings. The van der Waals surface area contributed by atoms with Gasteiger partial charge in [-0.2, -0.15) is 0 Å². The van der Waals surface area contributed by atoms with E-state index in [-0.39, 0.29) is 12.5 Å². The minimum Gasteiger partial charge on any atom is -0.496 e. The van der Waals surface area contributed by atoms with Crippen LogP contribution in [0.25, 0.3) is 6.08 Å². The standard InChI is InChI=1S/C17H23NO3/c1-13-5-7-15(21-2)14(11-13)6-8-16(20)18-17(12-19)9-3-4-10-17/h5-8,11,19H,3-4,9-10,12H2,1-2H3,(H,18,20). The first-order chi connectivity index (χ1) is 10.1. The van der Waals surface area contributed by atoms with E-state index < -0.39 is 5.54 Å². The van der Waals surface area contributed by atoms with Crippen molar-refractivity contribution < 1.29 is 14.6 Å². The van der Waals surface area contributed by atoms with E-state index in [4.69, 9.17) is 4.74 Å². The summed E-state index contributed by atoms with van der Waals surface area (Å²) in [4.78, 5) is 12.1. The van der Waals surface area contributed by atoms with Crippen LogP contribution >= 0.6 is 0 Å². The highest BCUT2D eigenvalue weighted by atomic mass is 16.5. The predicted octanol–water partition coefficient (Wildman–Crippen LogP) is 2.44. The lowest BCUT2D eigenvalue weighted by Crippen LogP contribution is -2.48. The second kappa shape index (κ2) is 6.76. The predicted molar refractivity (Wildman–Crippen MR) is 83.2 cm³/mol. The number of aliphatic hydroxyl groups excluding tert-OH is 1. The number of aryl methyl sites for hydroxylation is 1. The van der Waals surface area contributed by atoms with Crippen LogP contribution in [0.4, 0.5) is 0 Å².